The minimum atomic E-state index is 0.356. The van der Waals surface area contributed by atoms with Crippen molar-refractivity contribution in [2.45, 2.75) is 29.6 Å². The van der Waals surface area contributed by atoms with Crippen molar-refractivity contribution in [1.82, 2.24) is 0 Å². The molecule has 8 rings (SSSR count). The molecule has 0 N–H and O–H groups in total. The third-order valence-electron chi connectivity index (χ3n) is 9.02. The second kappa shape index (κ2) is 11.0. The van der Waals surface area contributed by atoms with Crippen LogP contribution >= 0.6 is 11.8 Å². The van der Waals surface area contributed by atoms with Crippen molar-refractivity contribution in [3.63, 3.8) is 0 Å². The number of hydrogen-bond donors (Lipinski definition) is 0. The quantitative estimate of drug-likeness (QED) is 0.144. The van der Waals surface area contributed by atoms with Gasteiger partial charge in [-0.05, 0) is 103 Å². The summed E-state index contributed by atoms with van der Waals surface area (Å²) in [5.41, 5.74) is 9.13. The lowest BCUT2D eigenvalue weighted by Gasteiger charge is -2.23. The molecule has 0 bridgehead atoms. The summed E-state index contributed by atoms with van der Waals surface area (Å²) in [7, 11) is 0. The van der Waals surface area contributed by atoms with Crippen LogP contribution in [0, 0.1) is 0 Å². The smallest absolute Gasteiger partial charge is 0.0207 e. The van der Waals surface area contributed by atoms with Crippen molar-refractivity contribution >= 4 is 49.7 Å². The van der Waals surface area contributed by atoms with Crippen LogP contribution < -0.4 is 0 Å². The molecule has 0 aromatic heterocycles. The van der Waals surface area contributed by atoms with E-state index >= 15 is 0 Å². The number of rotatable bonds is 5. The van der Waals surface area contributed by atoms with Crippen LogP contribution in [0.1, 0.15) is 30.9 Å². The zero-order valence-corrected chi connectivity index (χ0v) is 25.7. The van der Waals surface area contributed by atoms with Crippen LogP contribution in [0.3, 0.4) is 0 Å². The molecule has 0 spiro atoms. The Bertz CT molecular complexity index is 2210. The molecule has 1 heteroatoms. The molecule has 7 aromatic rings. The van der Waals surface area contributed by atoms with Crippen molar-refractivity contribution in [1.29, 1.82) is 0 Å². The highest BCUT2D eigenvalue weighted by atomic mass is 32.2. The molecular formula is C43H32S. The van der Waals surface area contributed by atoms with E-state index in [1.54, 1.807) is 0 Å². The standard InChI is InChI=1S/C43H32S/c1-28(30-16-4-3-5-17-30)14-12-15-29(2)41-34-20-6-8-22-36(34)42(37-23-9-7-21-35(37)41)32-26-31-18-13-25-40-43(31)38(27-32)33-19-10-11-24-39(33)44-40/h3-28H,1-2H3/b14-12-,29-15+. The van der Waals surface area contributed by atoms with Crippen molar-refractivity contribution < 1.29 is 0 Å². The van der Waals surface area contributed by atoms with Crippen LogP contribution in [0.25, 0.3) is 60.1 Å². The molecule has 0 aliphatic carbocycles. The molecule has 1 heterocycles. The summed E-state index contributed by atoms with van der Waals surface area (Å²) in [5, 5.41) is 7.81. The first-order valence-electron chi connectivity index (χ1n) is 15.4. The summed E-state index contributed by atoms with van der Waals surface area (Å²) in [6, 6.07) is 49.0. The SMILES string of the molecule is C/C(=C\C=C/C(C)c1ccccc1)c1c2ccccc2c(-c2cc3c4c(cccc4c2)Sc2ccccc2-3)c2ccccc12. The summed E-state index contributed by atoms with van der Waals surface area (Å²) < 4.78 is 0. The van der Waals surface area contributed by atoms with E-state index in [-0.39, 0.29) is 0 Å². The van der Waals surface area contributed by atoms with E-state index in [0.717, 1.165) is 0 Å². The lowest BCUT2D eigenvalue weighted by atomic mass is 9.84. The Kier molecular flexibility index (Phi) is 6.70. The van der Waals surface area contributed by atoms with Crippen LogP contribution in [0.5, 0.6) is 0 Å². The van der Waals surface area contributed by atoms with E-state index in [9.17, 15) is 0 Å². The molecule has 1 unspecified atom stereocenters. The lowest BCUT2D eigenvalue weighted by Crippen LogP contribution is -1.96. The molecule has 210 valence electrons. The van der Waals surface area contributed by atoms with Gasteiger partial charge < -0.3 is 0 Å². The Morgan fingerprint density at radius 3 is 2.00 bits per heavy atom. The normalized spacial score (nSPS) is 13.5. The van der Waals surface area contributed by atoms with E-state index in [1.165, 1.54) is 81.1 Å². The van der Waals surface area contributed by atoms with Crippen molar-refractivity contribution in [3.05, 3.63) is 163 Å². The van der Waals surface area contributed by atoms with Gasteiger partial charge in [0.05, 0.1) is 0 Å². The van der Waals surface area contributed by atoms with Crippen LogP contribution in [-0.2, 0) is 0 Å². The Morgan fingerprint density at radius 1 is 0.614 bits per heavy atom. The van der Waals surface area contributed by atoms with Crippen LogP contribution in [0.2, 0.25) is 0 Å². The minimum absolute atomic E-state index is 0.356. The van der Waals surface area contributed by atoms with E-state index < -0.39 is 0 Å². The van der Waals surface area contributed by atoms with E-state index in [1.807, 2.05) is 11.8 Å². The van der Waals surface area contributed by atoms with Crippen LogP contribution in [0.15, 0.2) is 161 Å². The Morgan fingerprint density at radius 2 is 1.25 bits per heavy atom. The second-order valence-electron chi connectivity index (χ2n) is 11.8. The summed E-state index contributed by atoms with van der Waals surface area (Å²) >= 11 is 1.88. The van der Waals surface area contributed by atoms with Crippen molar-refractivity contribution in [2.75, 3.05) is 0 Å². The molecule has 1 aliphatic heterocycles. The van der Waals surface area contributed by atoms with Gasteiger partial charge >= 0.3 is 0 Å². The molecular weight excluding hydrogens is 549 g/mol. The van der Waals surface area contributed by atoms with Gasteiger partial charge in [0.25, 0.3) is 0 Å². The van der Waals surface area contributed by atoms with Gasteiger partial charge in [0.15, 0.2) is 0 Å². The maximum atomic E-state index is 2.44. The number of allylic oxidation sites excluding steroid dienone is 4. The molecule has 0 fully saturated rings. The zero-order valence-electron chi connectivity index (χ0n) is 24.9. The molecule has 0 saturated heterocycles. The third kappa shape index (κ3) is 4.48. The summed E-state index contributed by atoms with van der Waals surface area (Å²) in [6.07, 6.45) is 6.80. The van der Waals surface area contributed by atoms with Crippen LogP contribution in [-0.4, -0.2) is 0 Å². The summed E-state index contributed by atoms with van der Waals surface area (Å²) in [4.78, 5) is 2.66. The van der Waals surface area contributed by atoms with E-state index in [4.69, 9.17) is 0 Å². The molecule has 7 aromatic carbocycles. The molecule has 0 amide bonds. The zero-order chi connectivity index (χ0) is 29.6. The average Bonchev–Trinajstić information content (AvgIpc) is 3.07. The van der Waals surface area contributed by atoms with Gasteiger partial charge in [-0.2, -0.15) is 0 Å². The largest absolute Gasteiger partial charge is 0.0888 e. The van der Waals surface area contributed by atoms with Crippen molar-refractivity contribution in [2.24, 2.45) is 0 Å². The first-order chi connectivity index (χ1) is 21.7. The van der Waals surface area contributed by atoms with E-state index in [2.05, 4.69) is 166 Å². The third-order valence-corrected chi connectivity index (χ3v) is 10.2. The van der Waals surface area contributed by atoms with Gasteiger partial charge in [-0.15, -0.1) is 0 Å². The second-order valence-corrected chi connectivity index (χ2v) is 12.8. The van der Waals surface area contributed by atoms with E-state index in [0.29, 0.717) is 5.92 Å². The predicted octanol–water partition coefficient (Wildman–Crippen LogP) is 12.7. The predicted molar refractivity (Wildman–Crippen MR) is 192 cm³/mol. The number of fused-ring (bicyclic) bond motifs is 4. The lowest BCUT2D eigenvalue weighted by molar-refractivity contribution is 0.968. The molecule has 1 aliphatic rings. The maximum absolute atomic E-state index is 2.44. The summed E-state index contributed by atoms with van der Waals surface area (Å²) in [5.74, 6) is 0.356. The van der Waals surface area contributed by atoms with Gasteiger partial charge in [-0.3, -0.25) is 0 Å². The Balaban J connectivity index is 1.34. The molecule has 44 heavy (non-hydrogen) atoms. The summed E-state index contributed by atoms with van der Waals surface area (Å²) in [6.45, 7) is 4.51. The van der Waals surface area contributed by atoms with Crippen molar-refractivity contribution in [3.8, 4) is 22.3 Å². The fourth-order valence-corrected chi connectivity index (χ4v) is 8.06. The number of hydrogen-bond acceptors (Lipinski definition) is 1. The average molecular weight is 581 g/mol. The number of benzene rings is 7. The highest BCUT2D eigenvalue weighted by molar-refractivity contribution is 7.99. The maximum Gasteiger partial charge on any atom is 0.0207 e. The highest BCUT2D eigenvalue weighted by Crippen LogP contribution is 2.50. The van der Waals surface area contributed by atoms with Gasteiger partial charge in [0, 0.05) is 15.2 Å². The molecule has 0 radical (unpaired) electrons. The van der Waals surface area contributed by atoms with Gasteiger partial charge in [0.1, 0.15) is 0 Å². The molecule has 0 nitrogen and oxygen atoms in total. The highest BCUT2D eigenvalue weighted by Gasteiger charge is 2.22. The Hall–Kier alpha value is -4.85. The fraction of sp³-hybridized carbons (Fsp3) is 0.0698. The Labute approximate surface area is 263 Å². The monoisotopic (exact) mass is 580 g/mol. The fourth-order valence-electron chi connectivity index (χ4n) is 6.91. The van der Waals surface area contributed by atoms with Gasteiger partial charge in [0.2, 0.25) is 0 Å². The first kappa shape index (κ1) is 26.8. The van der Waals surface area contributed by atoms with Gasteiger partial charge in [-0.1, -0.05) is 146 Å². The minimum Gasteiger partial charge on any atom is -0.0888 e. The topological polar surface area (TPSA) is 0 Å². The van der Waals surface area contributed by atoms with Crippen LogP contribution in [0.4, 0.5) is 0 Å². The molecule has 1 atom stereocenters. The molecule has 0 saturated carbocycles. The van der Waals surface area contributed by atoms with Gasteiger partial charge in [-0.25, -0.2) is 0 Å². The first-order valence-corrected chi connectivity index (χ1v) is 16.2.